The Morgan fingerprint density at radius 2 is 1.04 bits per heavy atom. The van der Waals surface area contributed by atoms with Gasteiger partial charge in [-0.25, -0.2) is 23.3 Å². The van der Waals surface area contributed by atoms with Gasteiger partial charge in [0.15, 0.2) is 0 Å². The normalized spacial score (nSPS) is 16.8. The van der Waals surface area contributed by atoms with Gasteiger partial charge >= 0.3 is 41.3 Å². The van der Waals surface area contributed by atoms with E-state index in [0.29, 0.717) is 10.8 Å². The van der Waals surface area contributed by atoms with E-state index in [9.17, 15) is 0 Å². The zero-order chi connectivity index (χ0) is 19.1. The van der Waals surface area contributed by atoms with Gasteiger partial charge in [0.1, 0.15) is 0 Å². The Kier molecular flexibility index (Phi) is 9.89. The molecule has 0 saturated heterocycles. The number of rotatable bonds is 0. The van der Waals surface area contributed by atoms with Crippen molar-refractivity contribution >= 4 is 3.21 Å². The first-order valence-corrected chi connectivity index (χ1v) is 10.0. The maximum atomic E-state index is 3.30. The molecular weight excluding hydrogens is 367 g/mol. The molecule has 0 fully saturated rings. The van der Waals surface area contributed by atoms with Gasteiger partial charge in [-0.15, -0.1) is 12.8 Å². The SMILES string of the molecule is CC1=[C-]CC(C(C)(C)C)=C1.CC1=[C-]CC(C(C)(C)C)=C1.C[C](C)=[Zr+2]. The Morgan fingerprint density at radius 1 is 0.792 bits per heavy atom. The van der Waals surface area contributed by atoms with Gasteiger partial charge < -0.3 is 0 Å². The second-order valence-corrected chi connectivity index (χ2v) is 11.4. The molecule has 24 heavy (non-hydrogen) atoms. The molecule has 2 rings (SSSR count). The van der Waals surface area contributed by atoms with Crippen molar-refractivity contribution in [3.63, 3.8) is 0 Å². The fourth-order valence-corrected chi connectivity index (χ4v) is 2.16. The first kappa shape index (κ1) is 23.7. The molecule has 0 atom stereocenters. The summed E-state index contributed by atoms with van der Waals surface area (Å²) >= 11 is 1.55. The van der Waals surface area contributed by atoms with Crippen molar-refractivity contribution in [2.75, 3.05) is 0 Å². The number of hydrogen-bond donors (Lipinski definition) is 0. The summed E-state index contributed by atoms with van der Waals surface area (Å²) in [5.41, 5.74) is 6.28. The molecule has 0 aromatic heterocycles. The molecule has 132 valence electrons. The molecule has 0 aromatic carbocycles. The molecule has 0 nitrogen and oxygen atoms in total. The summed E-state index contributed by atoms with van der Waals surface area (Å²) < 4.78 is 1.51. The average molecular weight is 404 g/mol. The summed E-state index contributed by atoms with van der Waals surface area (Å²) in [7, 11) is 0. The van der Waals surface area contributed by atoms with E-state index in [1.807, 2.05) is 0 Å². The molecule has 0 N–H and O–H groups in total. The summed E-state index contributed by atoms with van der Waals surface area (Å²) in [6.07, 6.45) is 13.2. The molecule has 1 heteroatoms. The molecule has 0 amide bonds. The van der Waals surface area contributed by atoms with Crippen LogP contribution >= 0.6 is 0 Å². The van der Waals surface area contributed by atoms with Gasteiger partial charge in [-0.2, -0.15) is 11.1 Å². The van der Waals surface area contributed by atoms with E-state index < -0.39 is 0 Å². The minimum atomic E-state index is 0.338. The van der Waals surface area contributed by atoms with Crippen LogP contribution in [-0.4, -0.2) is 3.21 Å². The van der Waals surface area contributed by atoms with Crippen molar-refractivity contribution < 1.29 is 24.2 Å². The average Bonchev–Trinajstić information content (AvgIpc) is 2.96. The van der Waals surface area contributed by atoms with Crippen molar-refractivity contribution in [3.05, 3.63) is 46.6 Å². The van der Waals surface area contributed by atoms with Crippen LogP contribution in [0, 0.1) is 23.0 Å². The van der Waals surface area contributed by atoms with E-state index in [1.165, 1.54) is 25.5 Å². The zero-order valence-corrected chi connectivity index (χ0v) is 20.0. The molecule has 2 aliphatic carbocycles. The fraction of sp³-hybridized carbons (Fsp3) is 0.609. The molecule has 0 radical (unpaired) electrons. The van der Waals surface area contributed by atoms with Gasteiger partial charge in [-0.3, -0.25) is 12.2 Å². The van der Waals surface area contributed by atoms with Gasteiger partial charge in [0.05, 0.1) is 0 Å². The molecular formula is C23H36Zr. The third kappa shape index (κ3) is 10.6. The van der Waals surface area contributed by atoms with Crippen LogP contribution in [-0.2, 0) is 24.2 Å². The number of hydrogen-bond acceptors (Lipinski definition) is 0. The summed E-state index contributed by atoms with van der Waals surface area (Å²) in [4.78, 5) is 0. The van der Waals surface area contributed by atoms with Crippen LogP contribution in [0.5, 0.6) is 0 Å². The molecule has 0 bridgehead atoms. The van der Waals surface area contributed by atoms with Crippen molar-refractivity contribution in [2.24, 2.45) is 10.8 Å². The molecule has 0 unspecified atom stereocenters. The van der Waals surface area contributed by atoms with Gasteiger partial charge in [0.25, 0.3) is 0 Å². The van der Waals surface area contributed by atoms with E-state index in [2.05, 4.69) is 93.5 Å². The van der Waals surface area contributed by atoms with Crippen molar-refractivity contribution in [3.8, 4) is 0 Å². The van der Waals surface area contributed by atoms with Crippen LogP contribution in [0.25, 0.3) is 0 Å². The minimum absolute atomic E-state index is 0.338. The van der Waals surface area contributed by atoms with E-state index in [-0.39, 0.29) is 0 Å². The quantitative estimate of drug-likeness (QED) is 0.383. The van der Waals surface area contributed by atoms with Crippen molar-refractivity contribution in [1.29, 1.82) is 0 Å². The third-order valence-corrected chi connectivity index (χ3v) is 3.82. The standard InChI is InChI=1S/2C10H15.C3H6.Zr/c2*1-8-5-6-9(7-8)10(2,3)4;1-3-2;/h2*7H,6H2,1-4H3;1-2H3;/q2*-1;;+2. The van der Waals surface area contributed by atoms with Gasteiger partial charge in [0, 0.05) is 0 Å². The van der Waals surface area contributed by atoms with E-state index in [1.54, 1.807) is 24.2 Å². The molecule has 0 heterocycles. The Balaban J connectivity index is 0.000000363. The predicted molar refractivity (Wildman–Crippen MR) is 106 cm³/mol. The second kappa shape index (κ2) is 10.0. The van der Waals surface area contributed by atoms with Gasteiger partial charge in [0.2, 0.25) is 0 Å². The second-order valence-electron chi connectivity index (χ2n) is 8.91. The summed E-state index contributed by atoms with van der Waals surface area (Å²) in [5, 5.41) is 0. The molecule has 0 saturated carbocycles. The van der Waals surface area contributed by atoms with Crippen molar-refractivity contribution in [1.82, 2.24) is 0 Å². The Bertz CT molecular complexity index is 502. The molecule has 0 aliphatic heterocycles. The van der Waals surface area contributed by atoms with E-state index >= 15 is 0 Å². The van der Waals surface area contributed by atoms with Crippen LogP contribution in [0.15, 0.2) is 34.4 Å². The van der Waals surface area contributed by atoms with Gasteiger partial charge in [-0.1, -0.05) is 55.4 Å². The first-order valence-electron chi connectivity index (χ1n) is 8.82. The molecule has 0 aromatic rings. The van der Waals surface area contributed by atoms with Crippen LogP contribution in [0.3, 0.4) is 0 Å². The van der Waals surface area contributed by atoms with E-state index in [4.69, 9.17) is 0 Å². The molecule has 2 aliphatic rings. The Hall–Kier alpha value is -0.287. The van der Waals surface area contributed by atoms with Crippen molar-refractivity contribution in [2.45, 2.75) is 82.1 Å². The zero-order valence-electron chi connectivity index (χ0n) is 17.6. The van der Waals surface area contributed by atoms with Gasteiger partial charge in [-0.05, 0) is 10.8 Å². The third-order valence-electron chi connectivity index (χ3n) is 3.82. The maximum absolute atomic E-state index is 3.30. The summed E-state index contributed by atoms with van der Waals surface area (Å²) in [5.74, 6) is 0. The summed E-state index contributed by atoms with van der Waals surface area (Å²) in [6, 6.07) is 0. The van der Waals surface area contributed by atoms with Crippen LogP contribution in [0.1, 0.15) is 82.1 Å². The first-order chi connectivity index (χ1) is 10.7. The molecule has 0 spiro atoms. The fourth-order valence-electron chi connectivity index (χ4n) is 2.16. The van der Waals surface area contributed by atoms with Crippen LogP contribution < -0.4 is 0 Å². The predicted octanol–water partition coefficient (Wildman–Crippen LogP) is 6.97. The van der Waals surface area contributed by atoms with Crippen LogP contribution in [0.2, 0.25) is 0 Å². The number of allylic oxidation sites excluding steroid dienone is 8. The Morgan fingerprint density at radius 3 is 1.12 bits per heavy atom. The van der Waals surface area contributed by atoms with Crippen LogP contribution in [0.4, 0.5) is 0 Å². The topological polar surface area (TPSA) is 0 Å². The van der Waals surface area contributed by atoms with E-state index in [0.717, 1.165) is 12.8 Å². The Labute approximate surface area is 166 Å². The summed E-state index contributed by atoms with van der Waals surface area (Å²) in [6.45, 7) is 22.0. The monoisotopic (exact) mass is 402 g/mol.